The summed E-state index contributed by atoms with van der Waals surface area (Å²) in [5.74, 6) is -0.328. The molecule has 20 heavy (non-hydrogen) atoms. The summed E-state index contributed by atoms with van der Waals surface area (Å²) in [6, 6.07) is 5.74. The summed E-state index contributed by atoms with van der Waals surface area (Å²) >= 11 is 6.22. The van der Waals surface area contributed by atoms with Gasteiger partial charge in [-0.1, -0.05) is 11.6 Å². The van der Waals surface area contributed by atoms with Crippen LogP contribution in [0.15, 0.2) is 18.2 Å². The number of methoxy groups -OCH3 is 1. The van der Waals surface area contributed by atoms with E-state index in [2.05, 4.69) is 17.1 Å². The van der Waals surface area contributed by atoms with Crippen LogP contribution in [-0.2, 0) is 11.3 Å². The Morgan fingerprint density at radius 2 is 2.30 bits per heavy atom. The minimum atomic E-state index is -0.328. The highest BCUT2D eigenvalue weighted by molar-refractivity contribution is 6.31. The van der Waals surface area contributed by atoms with Crippen molar-refractivity contribution in [1.29, 1.82) is 0 Å². The van der Waals surface area contributed by atoms with Crippen molar-refractivity contribution in [2.75, 3.05) is 26.7 Å². The first-order valence-electron chi connectivity index (χ1n) is 6.43. The number of esters is 1. The number of benzene rings is 1. The lowest BCUT2D eigenvalue weighted by molar-refractivity contribution is 0.0600. The van der Waals surface area contributed by atoms with Gasteiger partial charge in [0.05, 0.1) is 12.7 Å². The fraction of sp³-hybridized carbons (Fsp3) is 0.500. The molecule has 0 aliphatic carbocycles. The van der Waals surface area contributed by atoms with E-state index in [1.165, 1.54) is 7.11 Å². The highest BCUT2D eigenvalue weighted by atomic mass is 35.5. The van der Waals surface area contributed by atoms with Crippen LogP contribution >= 0.6 is 24.0 Å². The molecule has 0 radical (unpaired) electrons. The summed E-state index contributed by atoms with van der Waals surface area (Å²) in [5, 5.41) is 4.05. The minimum absolute atomic E-state index is 0. The molecule has 0 bridgehead atoms. The van der Waals surface area contributed by atoms with E-state index in [4.69, 9.17) is 16.3 Å². The Morgan fingerprint density at radius 1 is 1.55 bits per heavy atom. The summed E-state index contributed by atoms with van der Waals surface area (Å²) in [4.78, 5) is 13.9. The van der Waals surface area contributed by atoms with Gasteiger partial charge in [-0.3, -0.25) is 4.90 Å². The molecule has 1 fully saturated rings. The summed E-state index contributed by atoms with van der Waals surface area (Å²) < 4.78 is 4.74. The maximum Gasteiger partial charge on any atom is 0.337 e. The second-order valence-corrected chi connectivity index (χ2v) is 5.23. The average Bonchev–Trinajstić information content (AvgIpc) is 2.42. The van der Waals surface area contributed by atoms with Crippen LogP contribution in [0.5, 0.6) is 0 Å². The van der Waals surface area contributed by atoms with E-state index in [1.807, 2.05) is 6.07 Å². The van der Waals surface area contributed by atoms with Crippen LogP contribution in [0, 0.1) is 0 Å². The van der Waals surface area contributed by atoms with Gasteiger partial charge in [-0.2, -0.15) is 0 Å². The van der Waals surface area contributed by atoms with Gasteiger partial charge in [0.2, 0.25) is 0 Å². The van der Waals surface area contributed by atoms with Crippen LogP contribution in [0.3, 0.4) is 0 Å². The maximum absolute atomic E-state index is 11.5. The number of hydrogen-bond acceptors (Lipinski definition) is 4. The molecule has 1 aromatic rings. The van der Waals surface area contributed by atoms with Gasteiger partial charge in [0.1, 0.15) is 0 Å². The predicted molar refractivity (Wildman–Crippen MR) is 82.8 cm³/mol. The molecule has 1 unspecified atom stereocenters. The molecule has 1 aliphatic rings. The summed E-state index contributed by atoms with van der Waals surface area (Å²) in [5.41, 5.74) is 1.52. The molecule has 6 heteroatoms. The molecule has 112 valence electrons. The molecule has 0 amide bonds. The van der Waals surface area contributed by atoms with Gasteiger partial charge >= 0.3 is 5.97 Å². The molecule has 1 atom stereocenters. The molecule has 1 heterocycles. The Kier molecular flexibility index (Phi) is 6.76. The van der Waals surface area contributed by atoms with E-state index in [9.17, 15) is 4.79 Å². The van der Waals surface area contributed by atoms with Crippen molar-refractivity contribution in [1.82, 2.24) is 10.2 Å². The van der Waals surface area contributed by atoms with Gasteiger partial charge in [0.25, 0.3) is 0 Å². The van der Waals surface area contributed by atoms with Gasteiger partial charge in [-0.25, -0.2) is 4.79 Å². The zero-order valence-electron chi connectivity index (χ0n) is 11.7. The quantitative estimate of drug-likeness (QED) is 0.869. The van der Waals surface area contributed by atoms with Crippen molar-refractivity contribution in [3.05, 3.63) is 34.3 Å². The lowest BCUT2D eigenvalue weighted by Crippen LogP contribution is -2.49. The van der Waals surface area contributed by atoms with Gasteiger partial charge in [-0.15, -0.1) is 12.4 Å². The molecule has 4 nitrogen and oxygen atoms in total. The first kappa shape index (κ1) is 17.2. The van der Waals surface area contributed by atoms with E-state index in [-0.39, 0.29) is 18.4 Å². The highest BCUT2D eigenvalue weighted by Gasteiger charge is 2.19. The van der Waals surface area contributed by atoms with Gasteiger partial charge in [-0.05, 0) is 30.7 Å². The molecule has 0 aromatic heterocycles. The van der Waals surface area contributed by atoms with Crippen molar-refractivity contribution in [3.8, 4) is 0 Å². The zero-order valence-corrected chi connectivity index (χ0v) is 13.3. The second-order valence-electron chi connectivity index (χ2n) is 4.82. The number of nitrogens with zero attached hydrogens (tertiary/aromatic N) is 1. The Bertz CT molecular complexity index is 468. The Hall–Kier alpha value is -0.810. The van der Waals surface area contributed by atoms with Crippen LogP contribution in [0.25, 0.3) is 0 Å². The average molecular weight is 319 g/mol. The zero-order chi connectivity index (χ0) is 13.8. The maximum atomic E-state index is 11.5. The van der Waals surface area contributed by atoms with Crippen LogP contribution in [-0.4, -0.2) is 43.7 Å². The third kappa shape index (κ3) is 4.09. The fourth-order valence-corrected chi connectivity index (χ4v) is 2.45. The van der Waals surface area contributed by atoms with Crippen molar-refractivity contribution in [2.45, 2.75) is 19.5 Å². The standard InChI is InChI=1S/C14H19ClN2O2.ClH/c1-10-8-16-5-6-17(10)9-12-7-11(14(18)19-2)3-4-13(12)15;/h3-4,7,10,16H,5-6,8-9H2,1-2H3;1H. The summed E-state index contributed by atoms with van der Waals surface area (Å²) in [6.45, 7) is 5.89. The summed E-state index contributed by atoms with van der Waals surface area (Å²) in [7, 11) is 1.38. The Labute approximate surface area is 130 Å². The fourth-order valence-electron chi connectivity index (χ4n) is 2.28. The number of nitrogens with one attached hydrogen (secondary N) is 1. The lowest BCUT2D eigenvalue weighted by atomic mass is 10.1. The Balaban J connectivity index is 0.00000200. The second kappa shape index (κ2) is 7.84. The number of ether oxygens (including phenoxy) is 1. The van der Waals surface area contributed by atoms with E-state index < -0.39 is 0 Å². The van der Waals surface area contributed by atoms with E-state index in [1.54, 1.807) is 12.1 Å². The van der Waals surface area contributed by atoms with Crippen LogP contribution in [0.1, 0.15) is 22.8 Å². The van der Waals surface area contributed by atoms with Crippen LogP contribution < -0.4 is 5.32 Å². The Morgan fingerprint density at radius 3 is 2.95 bits per heavy atom. The first-order chi connectivity index (χ1) is 9.11. The number of hydrogen-bond donors (Lipinski definition) is 1. The van der Waals surface area contributed by atoms with Crippen molar-refractivity contribution < 1.29 is 9.53 Å². The predicted octanol–water partition coefficient (Wildman–Crippen LogP) is 2.34. The third-order valence-corrected chi connectivity index (χ3v) is 3.85. The van der Waals surface area contributed by atoms with Crippen molar-refractivity contribution >= 4 is 30.0 Å². The molecule has 1 aromatic carbocycles. The number of rotatable bonds is 3. The number of halogens is 2. The lowest BCUT2D eigenvalue weighted by Gasteiger charge is -2.34. The van der Waals surface area contributed by atoms with Crippen molar-refractivity contribution in [3.63, 3.8) is 0 Å². The number of carbonyl (C=O) groups is 1. The van der Waals surface area contributed by atoms with E-state index in [0.717, 1.165) is 31.7 Å². The minimum Gasteiger partial charge on any atom is -0.465 e. The van der Waals surface area contributed by atoms with Crippen molar-refractivity contribution in [2.24, 2.45) is 0 Å². The molecular weight excluding hydrogens is 299 g/mol. The van der Waals surface area contributed by atoms with E-state index in [0.29, 0.717) is 16.6 Å². The van der Waals surface area contributed by atoms with Gasteiger partial charge < -0.3 is 10.1 Å². The molecular formula is C14H20Cl2N2O2. The molecule has 2 rings (SSSR count). The smallest absolute Gasteiger partial charge is 0.337 e. The first-order valence-corrected chi connectivity index (χ1v) is 6.81. The highest BCUT2D eigenvalue weighted by Crippen LogP contribution is 2.21. The molecule has 1 N–H and O–H groups in total. The van der Waals surface area contributed by atoms with Gasteiger partial charge in [0, 0.05) is 37.2 Å². The number of carbonyl (C=O) groups excluding carboxylic acids is 1. The third-order valence-electron chi connectivity index (χ3n) is 3.48. The van der Waals surface area contributed by atoms with E-state index >= 15 is 0 Å². The molecule has 1 aliphatic heterocycles. The monoisotopic (exact) mass is 318 g/mol. The number of piperazine rings is 1. The largest absolute Gasteiger partial charge is 0.465 e. The molecule has 0 saturated carbocycles. The summed E-state index contributed by atoms with van der Waals surface area (Å²) in [6.07, 6.45) is 0. The van der Waals surface area contributed by atoms with Crippen LogP contribution in [0.2, 0.25) is 5.02 Å². The SMILES string of the molecule is COC(=O)c1ccc(Cl)c(CN2CCNCC2C)c1.Cl. The van der Waals surface area contributed by atoms with Gasteiger partial charge in [0.15, 0.2) is 0 Å². The molecule has 1 saturated heterocycles. The normalized spacial score (nSPS) is 19.2. The topological polar surface area (TPSA) is 41.6 Å². The van der Waals surface area contributed by atoms with Crippen LogP contribution in [0.4, 0.5) is 0 Å². The molecule has 0 spiro atoms.